The molecule has 0 fully saturated rings. The predicted molar refractivity (Wildman–Crippen MR) is 125 cm³/mol. The SMILES string of the molecule is CCOC(=O)c1ccc(/C=C2/C=C(c3ccccc3)N(c3ccc([O-])c(C(=O)O)c3)C2=O)cc1. The highest BCUT2D eigenvalue weighted by Crippen LogP contribution is 2.36. The summed E-state index contributed by atoms with van der Waals surface area (Å²) in [6, 6.07) is 19.6. The summed E-state index contributed by atoms with van der Waals surface area (Å²) < 4.78 is 4.99. The molecule has 0 atom stereocenters. The third-order valence-electron chi connectivity index (χ3n) is 5.25. The van der Waals surface area contributed by atoms with Gasteiger partial charge in [-0.05, 0) is 54.5 Å². The first-order valence-corrected chi connectivity index (χ1v) is 10.5. The Hall–Kier alpha value is -4.65. The highest BCUT2D eigenvalue weighted by molar-refractivity contribution is 6.23. The van der Waals surface area contributed by atoms with Gasteiger partial charge in [-0.1, -0.05) is 54.3 Å². The molecule has 3 aromatic rings. The molecule has 0 unspecified atom stereocenters. The van der Waals surface area contributed by atoms with E-state index in [1.807, 2.05) is 30.3 Å². The molecule has 1 aliphatic rings. The largest absolute Gasteiger partial charge is 0.872 e. The van der Waals surface area contributed by atoms with Crippen molar-refractivity contribution >= 4 is 35.3 Å². The van der Waals surface area contributed by atoms with E-state index in [-0.39, 0.29) is 18.2 Å². The number of benzene rings is 3. The third kappa shape index (κ3) is 4.45. The molecule has 0 aromatic heterocycles. The second-order valence-corrected chi connectivity index (χ2v) is 7.46. The molecule has 7 heteroatoms. The molecule has 1 aliphatic heterocycles. The lowest BCUT2D eigenvalue weighted by molar-refractivity contribution is -0.268. The molecule has 0 bridgehead atoms. The van der Waals surface area contributed by atoms with E-state index >= 15 is 0 Å². The minimum atomic E-state index is -1.36. The van der Waals surface area contributed by atoms with Gasteiger partial charge in [0.25, 0.3) is 5.91 Å². The van der Waals surface area contributed by atoms with Gasteiger partial charge < -0.3 is 14.9 Å². The van der Waals surface area contributed by atoms with E-state index < -0.39 is 23.3 Å². The molecule has 0 radical (unpaired) electrons. The lowest BCUT2D eigenvalue weighted by Gasteiger charge is -2.22. The summed E-state index contributed by atoms with van der Waals surface area (Å²) >= 11 is 0. The van der Waals surface area contributed by atoms with Gasteiger partial charge in [-0.2, -0.15) is 0 Å². The van der Waals surface area contributed by atoms with E-state index in [4.69, 9.17) is 4.74 Å². The van der Waals surface area contributed by atoms with Crippen LogP contribution < -0.4 is 10.0 Å². The number of anilines is 1. The van der Waals surface area contributed by atoms with Crippen molar-refractivity contribution in [1.82, 2.24) is 0 Å². The van der Waals surface area contributed by atoms with Crippen molar-refractivity contribution in [3.05, 3.63) is 107 Å². The van der Waals surface area contributed by atoms with Gasteiger partial charge in [0, 0.05) is 5.57 Å². The van der Waals surface area contributed by atoms with Crippen LogP contribution in [0.5, 0.6) is 5.75 Å². The van der Waals surface area contributed by atoms with E-state index in [0.717, 1.165) is 11.6 Å². The van der Waals surface area contributed by atoms with Crippen LogP contribution in [-0.4, -0.2) is 29.6 Å². The zero-order valence-corrected chi connectivity index (χ0v) is 18.2. The normalized spacial score (nSPS) is 14.3. The first kappa shape index (κ1) is 22.5. The van der Waals surface area contributed by atoms with Gasteiger partial charge >= 0.3 is 11.9 Å². The van der Waals surface area contributed by atoms with Crippen LogP contribution in [0.1, 0.15) is 38.8 Å². The van der Waals surface area contributed by atoms with Crippen molar-refractivity contribution in [3.8, 4) is 5.75 Å². The molecule has 170 valence electrons. The van der Waals surface area contributed by atoms with Crippen molar-refractivity contribution in [2.75, 3.05) is 11.5 Å². The molecule has 0 saturated heterocycles. The molecule has 0 spiro atoms. The van der Waals surface area contributed by atoms with Gasteiger partial charge in [-0.3, -0.25) is 9.69 Å². The Morgan fingerprint density at radius 3 is 2.38 bits per heavy atom. The summed E-state index contributed by atoms with van der Waals surface area (Å²) in [5.74, 6) is -2.79. The lowest BCUT2D eigenvalue weighted by Crippen LogP contribution is -2.25. The fraction of sp³-hybridized carbons (Fsp3) is 0.0741. The summed E-state index contributed by atoms with van der Waals surface area (Å²) in [5, 5.41) is 21.3. The number of ether oxygens (including phenoxy) is 1. The fourth-order valence-corrected chi connectivity index (χ4v) is 3.63. The molecule has 34 heavy (non-hydrogen) atoms. The zero-order valence-electron chi connectivity index (χ0n) is 18.2. The number of carbonyl (C=O) groups excluding carboxylic acids is 2. The molecule has 1 heterocycles. The van der Waals surface area contributed by atoms with E-state index in [2.05, 4.69) is 0 Å². The zero-order chi connectivity index (χ0) is 24.2. The van der Waals surface area contributed by atoms with E-state index in [1.165, 1.54) is 17.0 Å². The van der Waals surface area contributed by atoms with Crippen molar-refractivity contribution in [1.29, 1.82) is 0 Å². The van der Waals surface area contributed by atoms with Crippen LogP contribution in [0.2, 0.25) is 0 Å². The first-order valence-electron chi connectivity index (χ1n) is 10.5. The number of aromatic carboxylic acids is 1. The van der Waals surface area contributed by atoms with Crippen LogP contribution in [0.4, 0.5) is 5.69 Å². The predicted octanol–water partition coefficient (Wildman–Crippen LogP) is 4.11. The molecule has 0 aliphatic carbocycles. The average molecular weight is 454 g/mol. The highest BCUT2D eigenvalue weighted by atomic mass is 16.5. The lowest BCUT2D eigenvalue weighted by atomic mass is 10.1. The van der Waals surface area contributed by atoms with Crippen LogP contribution >= 0.6 is 0 Å². The summed E-state index contributed by atoms with van der Waals surface area (Å²) in [7, 11) is 0. The van der Waals surface area contributed by atoms with Crippen LogP contribution in [0.25, 0.3) is 11.8 Å². The first-order chi connectivity index (χ1) is 16.4. The molecule has 7 nitrogen and oxygen atoms in total. The number of hydrogen-bond acceptors (Lipinski definition) is 5. The van der Waals surface area contributed by atoms with Gasteiger partial charge in [0.15, 0.2) is 0 Å². The number of hydrogen-bond donors (Lipinski definition) is 1. The molecular formula is C27H20NO6-. The summed E-state index contributed by atoms with van der Waals surface area (Å²) in [6.45, 7) is 2.01. The Labute approximate surface area is 195 Å². The molecule has 4 rings (SSSR count). The van der Waals surface area contributed by atoms with Gasteiger partial charge in [-0.15, -0.1) is 0 Å². The molecule has 1 N–H and O–H groups in total. The van der Waals surface area contributed by atoms with Crippen LogP contribution in [-0.2, 0) is 9.53 Å². The number of amides is 1. The van der Waals surface area contributed by atoms with Gasteiger partial charge in [0.05, 0.1) is 29.1 Å². The van der Waals surface area contributed by atoms with E-state index in [1.54, 1.807) is 43.3 Å². The Balaban J connectivity index is 1.75. The minimum Gasteiger partial charge on any atom is -0.872 e. The van der Waals surface area contributed by atoms with Gasteiger partial charge in [0.2, 0.25) is 0 Å². The summed E-state index contributed by atoms with van der Waals surface area (Å²) in [4.78, 5) is 38.2. The topological polar surface area (TPSA) is 107 Å². The van der Waals surface area contributed by atoms with Gasteiger partial charge in [-0.25, -0.2) is 9.59 Å². The monoisotopic (exact) mass is 454 g/mol. The number of carboxylic acid groups (broad SMARTS) is 1. The maximum atomic E-state index is 13.4. The quantitative estimate of drug-likeness (QED) is 0.444. The minimum absolute atomic E-state index is 0.276. The Kier molecular flexibility index (Phi) is 6.27. The van der Waals surface area contributed by atoms with Crippen molar-refractivity contribution < 1.29 is 29.3 Å². The molecule has 0 saturated carbocycles. The maximum absolute atomic E-state index is 13.4. The Morgan fingerprint density at radius 1 is 1.03 bits per heavy atom. The second kappa shape index (κ2) is 9.46. The second-order valence-electron chi connectivity index (χ2n) is 7.46. The summed E-state index contributed by atoms with van der Waals surface area (Å²) in [5.41, 5.74) is 2.63. The van der Waals surface area contributed by atoms with E-state index in [9.17, 15) is 24.6 Å². The Bertz CT molecular complexity index is 1320. The molecular weight excluding hydrogens is 434 g/mol. The average Bonchev–Trinajstić information content (AvgIpc) is 3.16. The van der Waals surface area contributed by atoms with Crippen LogP contribution in [0.15, 0.2) is 84.4 Å². The van der Waals surface area contributed by atoms with E-state index in [0.29, 0.717) is 22.4 Å². The maximum Gasteiger partial charge on any atom is 0.338 e. The van der Waals surface area contributed by atoms with Crippen molar-refractivity contribution in [3.63, 3.8) is 0 Å². The fourth-order valence-electron chi connectivity index (χ4n) is 3.63. The number of carboxylic acids is 1. The molecule has 3 aromatic carbocycles. The van der Waals surface area contributed by atoms with Crippen molar-refractivity contribution in [2.45, 2.75) is 6.92 Å². The smallest absolute Gasteiger partial charge is 0.338 e. The van der Waals surface area contributed by atoms with Crippen LogP contribution in [0.3, 0.4) is 0 Å². The third-order valence-corrected chi connectivity index (χ3v) is 5.25. The highest BCUT2D eigenvalue weighted by Gasteiger charge is 2.31. The number of esters is 1. The number of nitrogens with zero attached hydrogens (tertiary/aromatic N) is 1. The molecule has 1 amide bonds. The number of rotatable bonds is 6. The van der Waals surface area contributed by atoms with Crippen molar-refractivity contribution in [2.24, 2.45) is 0 Å². The Morgan fingerprint density at radius 2 is 1.74 bits per heavy atom. The van der Waals surface area contributed by atoms with Crippen LogP contribution in [0, 0.1) is 0 Å². The van der Waals surface area contributed by atoms with Gasteiger partial charge in [0.1, 0.15) is 0 Å². The number of carbonyl (C=O) groups is 3. The standard InChI is InChI=1S/C27H21NO6/c1-2-34-27(33)19-10-8-17(9-11-19)14-20-15-23(18-6-4-3-5-7-18)28(25(20)30)21-12-13-24(29)22(16-21)26(31)32/h3-16,29H,2H2,1H3,(H,31,32)/p-1/b20-14-. The summed E-state index contributed by atoms with van der Waals surface area (Å²) in [6.07, 6.45) is 3.39.